The molecular formula is C16H13O2. The molecule has 2 rings (SSSR count). The second-order valence-corrected chi connectivity index (χ2v) is 3.99. The van der Waals surface area contributed by atoms with Crippen LogP contribution in [-0.4, -0.2) is 11.1 Å². The fourth-order valence-corrected chi connectivity index (χ4v) is 1.71. The molecular weight excluding hydrogens is 224 g/mol. The van der Waals surface area contributed by atoms with Gasteiger partial charge in [0.25, 0.3) is 0 Å². The van der Waals surface area contributed by atoms with Gasteiger partial charge in [-0.05, 0) is 35.3 Å². The SMILES string of the molecule is [CH2]c1cccc(-c2ccc(/C=C/C(=O)O)cc2)c1. The van der Waals surface area contributed by atoms with Gasteiger partial charge in [0, 0.05) is 6.08 Å². The zero-order chi connectivity index (χ0) is 13.0. The molecule has 89 valence electrons. The fraction of sp³-hybridized carbons (Fsp3) is 0. The molecule has 0 unspecified atom stereocenters. The van der Waals surface area contributed by atoms with Crippen LogP contribution in [-0.2, 0) is 4.79 Å². The van der Waals surface area contributed by atoms with Crippen molar-refractivity contribution in [2.24, 2.45) is 0 Å². The Morgan fingerprint density at radius 1 is 1.06 bits per heavy atom. The van der Waals surface area contributed by atoms with Crippen LogP contribution in [0.2, 0.25) is 0 Å². The second kappa shape index (κ2) is 5.32. The van der Waals surface area contributed by atoms with Crippen molar-refractivity contribution in [3.63, 3.8) is 0 Å². The van der Waals surface area contributed by atoms with Crippen molar-refractivity contribution in [1.82, 2.24) is 0 Å². The molecule has 2 aromatic carbocycles. The van der Waals surface area contributed by atoms with Gasteiger partial charge in [-0.3, -0.25) is 0 Å². The van der Waals surface area contributed by atoms with E-state index in [0.717, 1.165) is 28.3 Å². The van der Waals surface area contributed by atoms with Gasteiger partial charge in [-0.2, -0.15) is 0 Å². The molecule has 2 nitrogen and oxygen atoms in total. The summed E-state index contributed by atoms with van der Waals surface area (Å²) in [6, 6.07) is 15.7. The number of benzene rings is 2. The summed E-state index contributed by atoms with van der Waals surface area (Å²) in [5.41, 5.74) is 4.04. The first kappa shape index (κ1) is 12.1. The molecule has 2 heteroatoms. The van der Waals surface area contributed by atoms with Crippen molar-refractivity contribution in [3.05, 3.63) is 72.7 Å². The van der Waals surface area contributed by atoms with E-state index in [0.29, 0.717) is 0 Å². The molecule has 18 heavy (non-hydrogen) atoms. The largest absolute Gasteiger partial charge is 0.478 e. The number of carbonyl (C=O) groups is 1. The molecule has 0 aromatic heterocycles. The highest BCUT2D eigenvalue weighted by Gasteiger charge is 1.97. The molecule has 2 aromatic rings. The quantitative estimate of drug-likeness (QED) is 0.827. The van der Waals surface area contributed by atoms with E-state index < -0.39 is 5.97 Å². The van der Waals surface area contributed by atoms with E-state index in [-0.39, 0.29) is 0 Å². The van der Waals surface area contributed by atoms with Crippen molar-refractivity contribution in [2.45, 2.75) is 0 Å². The van der Waals surface area contributed by atoms with Gasteiger partial charge in [0.2, 0.25) is 0 Å². The van der Waals surface area contributed by atoms with Gasteiger partial charge >= 0.3 is 5.97 Å². The highest BCUT2D eigenvalue weighted by molar-refractivity contribution is 5.85. The Morgan fingerprint density at radius 2 is 1.78 bits per heavy atom. The van der Waals surface area contributed by atoms with Crippen LogP contribution in [0.4, 0.5) is 0 Å². The van der Waals surface area contributed by atoms with Gasteiger partial charge < -0.3 is 5.11 Å². The number of rotatable bonds is 3. The van der Waals surface area contributed by atoms with E-state index in [1.54, 1.807) is 6.08 Å². The first-order valence-electron chi connectivity index (χ1n) is 5.58. The minimum atomic E-state index is -0.941. The minimum Gasteiger partial charge on any atom is -0.478 e. The summed E-state index contributed by atoms with van der Waals surface area (Å²) in [5.74, 6) is -0.941. The van der Waals surface area contributed by atoms with Crippen molar-refractivity contribution < 1.29 is 9.90 Å². The van der Waals surface area contributed by atoms with E-state index in [1.165, 1.54) is 0 Å². The Labute approximate surface area is 106 Å². The Morgan fingerprint density at radius 3 is 2.39 bits per heavy atom. The number of aliphatic carboxylic acids is 1. The van der Waals surface area contributed by atoms with Crippen LogP contribution in [0.1, 0.15) is 11.1 Å². The van der Waals surface area contributed by atoms with Crippen LogP contribution < -0.4 is 0 Å². The average Bonchev–Trinajstić information content (AvgIpc) is 2.37. The third-order valence-corrected chi connectivity index (χ3v) is 2.59. The van der Waals surface area contributed by atoms with Crippen LogP contribution in [0.5, 0.6) is 0 Å². The van der Waals surface area contributed by atoms with E-state index in [4.69, 9.17) is 5.11 Å². The molecule has 0 heterocycles. The Hall–Kier alpha value is -2.35. The molecule has 0 amide bonds. The van der Waals surface area contributed by atoms with Crippen molar-refractivity contribution in [1.29, 1.82) is 0 Å². The second-order valence-electron chi connectivity index (χ2n) is 3.99. The van der Waals surface area contributed by atoms with Crippen LogP contribution in [0.3, 0.4) is 0 Å². The van der Waals surface area contributed by atoms with E-state index in [1.807, 2.05) is 48.5 Å². The van der Waals surface area contributed by atoms with E-state index in [2.05, 4.69) is 6.92 Å². The molecule has 0 saturated carbocycles. The third-order valence-electron chi connectivity index (χ3n) is 2.59. The van der Waals surface area contributed by atoms with Crippen LogP contribution >= 0.6 is 0 Å². The number of carboxylic acid groups (broad SMARTS) is 1. The molecule has 0 atom stereocenters. The normalized spacial score (nSPS) is 10.7. The Bertz CT molecular complexity index is 580. The van der Waals surface area contributed by atoms with Crippen molar-refractivity contribution in [2.75, 3.05) is 0 Å². The fourth-order valence-electron chi connectivity index (χ4n) is 1.71. The van der Waals surface area contributed by atoms with Crippen molar-refractivity contribution in [3.8, 4) is 11.1 Å². The Balaban J connectivity index is 2.25. The monoisotopic (exact) mass is 237 g/mol. The Kier molecular flexibility index (Phi) is 3.58. The minimum absolute atomic E-state index is 0.868. The lowest BCUT2D eigenvalue weighted by atomic mass is 10.0. The van der Waals surface area contributed by atoms with E-state index >= 15 is 0 Å². The van der Waals surface area contributed by atoms with Gasteiger partial charge in [0.1, 0.15) is 0 Å². The van der Waals surface area contributed by atoms with Gasteiger partial charge in [-0.15, -0.1) is 0 Å². The smallest absolute Gasteiger partial charge is 0.328 e. The number of hydrogen-bond acceptors (Lipinski definition) is 1. The number of carboxylic acids is 1. The van der Waals surface area contributed by atoms with Gasteiger partial charge in [-0.1, -0.05) is 48.5 Å². The van der Waals surface area contributed by atoms with E-state index in [9.17, 15) is 4.79 Å². The number of hydrogen-bond donors (Lipinski definition) is 1. The maximum absolute atomic E-state index is 10.4. The maximum Gasteiger partial charge on any atom is 0.328 e. The molecule has 0 aliphatic carbocycles. The molecule has 1 N–H and O–H groups in total. The van der Waals surface area contributed by atoms with Crippen molar-refractivity contribution >= 4 is 12.0 Å². The summed E-state index contributed by atoms with van der Waals surface area (Å²) >= 11 is 0. The summed E-state index contributed by atoms with van der Waals surface area (Å²) in [5, 5.41) is 8.54. The summed E-state index contributed by atoms with van der Waals surface area (Å²) in [4.78, 5) is 10.4. The molecule has 0 fully saturated rings. The summed E-state index contributed by atoms with van der Waals surface area (Å²) < 4.78 is 0. The predicted octanol–water partition coefficient (Wildman–Crippen LogP) is 3.63. The topological polar surface area (TPSA) is 37.3 Å². The molecule has 0 aliphatic rings. The predicted molar refractivity (Wildman–Crippen MR) is 73.0 cm³/mol. The van der Waals surface area contributed by atoms with Gasteiger partial charge in [-0.25, -0.2) is 4.79 Å². The summed E-state index contributed by atoms with van der Waals surface area (Å²) in [7, 11) is 0. The zero-order valence-corrected chi connectivity index (χ0v) is 9.84. The molecule has 0 bridgehead atoms. The highest BCUT2D eigenvalue weighted by Crippen LogP contribution is 2.21. The van der Waals surface area contributed by atoms with Gasteiger partial charge in [0.15, 0.2) is 0 Å². The lowest BCUT2D eigenvalue weighted by molar-refractivity contribution is -0.131. The average molecular weight is 237 g/mol. The lowest BCUT2D eigenvalue weighted by Gasteiger charge is -2.03. The molecule has 0 spiro atoms. The van der Waals surface area contributed by atoms with Crippen LogP contribution in [0, 0.1) is 6.92 Å². The molecule has 0 aliphatic heterocycles. The van der Waals surface area contributed by atoms with Crippen LogP contribution in [0.25, 0.3) is 17.2 Å². The third kappa shape index (κ3) is 3.08. The zero-order valence-electron chi connectivity index (χ0n) is 9.84. The standard InChI is InChI=1S/C16H13O2/c1-12-3-2-4-15(11-12)14-8-5-13(6-9-14)7-10-16(17)18/h2-11H,1H2,(H,17,18)/b10-7+. The van der Waals surface area contributed by atoms with Gasteiger partial charge in [0.05, 0.1) is 0 Å². The van der Waals surface area contributed by atoms with Crippen LogP contribution in [0.15, 0.2) is 54.6 Å². The maximum atomic E-state index is 10.4. The molecule has 0 saturated heterocycles. The first-order chi connectivity index (χ1) is 8.65. The molecule has 1 radical (unpaired) electrons. The summed E-state index contributed by atoms with van der Waals surface area (Å²) in [6.07, 6.45) is 2.70. The first-order valence-corrected chi connectivity index (χ1v) is 5.58. The lowest BCUT2D eigenvalue weighted by Crippen LogP contribution is -1.85. The highest BCUT2D eigenvalue weighted by atomic mass is 16.4. The summed E-state index contributed by atoms with van der Waals surface area (Å²) in [6.45, 7) is 3.90.